The fourth-order valence-corrected chi connectivity index (χ4v) is 4.08. The number of aromatic nitrogens is 1. The maximum atomic E-state index is 14.3. The minimum atomic E-state index is -4.20. The van der Waals surface area contributed by atoms with Gasteiger partial charge in [-0.15, -0.1) is 0 Å². The topological polar surface area (TPSA) is 60.2 Å². The van der Waals surface area contributed by atoms with E-state index in [1.54, 1.807) is 18.2 Å². The molecule has 0 unspecified atom stereocenters. The highest BCUT2D eigenvalue weighted by molar-refractivity contribution is 9.13. The number of hydrogen-bond acceptors (Lipinski definition) is 4. The van der Waals surface area contributed by atoms with Gasteiger partial charge in [-0.1, -0.05) is 11.2 Å². The molecule has 0 bridgehead atoms. The van der Waals surface area contributed by atoms with Crippen LogP contribution in [-0.2, 0) is 9.84 Å². The molecule has 0 aliphatic rings. The van der Waals surface area contributed by atoms with Crippen molar-refractivity contribution in [2.45, 2.75) is 11.3 Å². The zero-order chi connectivity index (χ0) is 20.8. The highest BCUT2D eigenvalue weighted by Gasteiger charge is 2.29. The molecule has 0 aliphatic heterocycles. The van der Waals surface area contributed by atoms with Gasteiger partial charge in [-0.2, -0.15) is 0 Å². The normalized spacial score (nSPS) is 12.0. The highest BCUT2D eigenvalue weighted by atomic mass is 79.9. The number of alkyl halides is 2. The summed E-state index contributed by atoms with van der Waals surface area (Å²) in [6, 6.07) is 6.04. The molecule has 0 aliphatic carbocycles. The second-order valence-electron chi connectivity index (χ2n) is 5.74. The van der Waals surface area contributed by atoms with E-state index in [0.717, 1.165) is 0 Å². The van der Waals surface area contributed by atoms with Crippen LogP contribution in [-0.4, -0.2) is 19.8 Å². The number of halogens is 6. The lowest BCUT2D eigenvalue weighted by atomic mass is 9.99. The molecule has 2 aromatic carbocycles. The molecule has 0 amide bonds. The number of hydrogen-bond donors (Lipinski definition) is 0. The Balaban J connectivity index is 2.30. The van der Waals surface area contributed by atoms with Crippen LogP contribution in [0.5, 0.6) is 0 Å². The summed E-state index contributed by atoms with van der Waals surface area (Å²) >= 11 is 6.55. The Hall–Kier alpha value is -1.72. The molecule has 4 nitrogen and oxygen atoms in total. The molecule has 1 heterocycles. The van der Waals surface area contributed by atoms with Gasteiger partial charge in [-0.05, 0) is 61.7 Å². The Bertz CT molecular complexity index is 1160. The lowest BCUT2D eigenvalue weighted by Crippen LogP contribution is -2.05. The number of rotatable bonds is 4. The lowest BCUT2D eigenvalue weighted by Gasteiger charge is -2.09. The summed E-state index contributed by atoms with van der Waals surface area (Å²) in [5.74, 6) is -3.69. The first-order valence-corrected chi connectivity index (χ1v) is 10.9. The molecule has 28 heavy (non-hydrogen) atoms. The van der Waals surface area contributed by atoms with Gasteiger partial charge in [0.05, 0.1) is 5.56 Å². The SMILES string of the molecule is CS(=O)(=O)c1c(F)cc(-c2c(-c3ccc(Br)c(Br)c3)noc2C(F)F)cc1F. The van der Waals surface area contributed by atoms with Gasteiger partial charge in [-0.3, -0.25) is 0 Å². The minimum absolute atomic E-state index is 0.0746. The predicted octanol–water partition coefficient (Wildman–Crippen LogP) is 6.15. The van der Waals surface area contributed by atoms with E-state index >= 15 is 0 Å². The Kier molecular flexibility index (Phi) is 5.70. The zero-order valence-electron chi connectivity index (χ0n) is 13.8. The third-order valence-corrected chi connectivity index (χ3v) is 6.78. The van der Waals surface area contributed by atoms with Crippen molar-refractivity contribution >= 4 is 41.7 Å². The molecule has 0 saturated carbocycles. The van der Waals surface area contributed by atoms with Gasteiger partial charge in [0, 0.05) is 20.8 Å². The van der Waals surface area contributed by atoms with Gasteiger partial charge in [0.1, 0.15) is 22.2 Å². The van der Waals surface area contributed by atoms with Crippen LogP contribution in [0.25, 0.3) is 22.4 Å². The van der Waals surface area contributed by atoms with E-state index < -0.39 is 38.6 Å². The van der Waals surface area contributed by atoms with Crippen molar-refractivity contribution in [1.29, 1.82) is 0 Å². The van der Waals surface area contributed by atoms with E-state index in [9.17, 15) is 26.0 Å². The molecule has 3 aromatic rings. The average molecular weight is 543 g/mol. The Morgan fingerprint density at radius 2 is 1.61 bits per heavy atom. The van der Waals surface area contributed by atoms with E-state index in [1.807, 2.05) is 0 Å². The summed E-state index contributed by atoms with van der Waals surface area (Å²) in [4.78, 5) is -1.14. The maximum Gasteiger partial charge on any atom is 0.298 e. The first-order chi connectivity index (χ1) is 13.0. The molecule has 0 fully saturated rings. The number of benzene rings is 2. The molecule has 0 radical (unpaired) electrons. The van der Waals surface area contributed by atoms with Crippen molar-refractivity contribution in [3.05, 3.63) is 56.7 Å². The number of sulfone groups is 1. The molecule has 1 aromatic heterocycles. The van der Waals surface area contributed by atoms with Gasteiger partial charge < -0.3 is 4.52 Å². The van der Waals surface area contributed by atoms with Crippen molar-refractivity contribution in [3.63, 3.8) is 0 Å². The summed E-state index contributed by atoms with van der Waals surface area (Å²) in [6.07, 6.45) is -2.47. The maximum absolute atomic E-state index is 14.3. The highest BCUT2D eigenvalue weighted by Crippen LogP contribution is 2.41. The molecule has 3 rings (SSSR count). The van der Waals surface area contributed by atoms with Gasteiger partial charge in [0.25, 0.3) is 6.43 Å². The van der Waals surface area contributed by atoms with Gasteiger partial charge in [-0.25, -0.2) is 26.0 Å². The van der Waals surface area contributed by atoms with Gasteiger partial charge in [0.2, 0.25) is 5.76 Å². The monoisotopic (exact) mass is 541 g/mol. The van der Waals surface area contributed by atoms with E-state index in [-0.39, 0.29) is 16.8 Å². The molecular formula is C17H9Br2F4NO3S. The van der Waals surface area contributed by atoms with Crippen molar-refractivity contribution in [1.82, 2.24) is 5.16 Å². The van der Waals surface area contributed by atoms with Crippen molar-refractivity contribution in [3.8, 4) is 22.4 Å². The minimum Gasteiger partial charge on any atom is -0.354 e. The van der Waals surface area contributed by atoms with E-state index in [4.69, 9.17) is 4.52 Å². The molecule has 148 valence electrons. The quantitative estimate of drug-likeness (QED) is 0.371. The second-order valence-corrected chi connectivity index (χ2v) is 9.40. The van der Waals surface area contributed by atoms with E-state index in [2.05, 4.69) is 37.0 Å². The smallest absolute Gasteiger partial charge is 0.298 e. The third-order valence-electron chi connectivity index (χ3n) is 3.77. The van der Waals surface area contributed by atoms with Crippen LogP contribution in [0.2, 0.25) is 0 Å². The first kappa shape index (κ1) is 21.0. The molecule has 0 N–H and O–H groups in total. The third kappa shape index (κ3) is 3.87. The largest absolute Gasteiger partial charge is 0.354 e. The predicted molar refractivity (Wildman–Crippen MR) is 101 cm³/mol. The van der Waals surface area contributed by atoms with Crippen LogP contribution in [0.3, 0.4) is 0 Å². The first-order valence-electron chi connectivity index (χ1n) is 7.43. The van der Waals surface area contributed by atoms with Crippen LogP contribution < -0.4 is 0 Å². The summed E-state index contributed by atoms with van der Waals surface area (Å²) in [7, 11) is -4.20. The van der Waals surface area contributed by atoms with Crippen LogP contribution in [0.4, 0.5) is 17.6 Å². The molecule has 0 spiro atoms. The number of nitrogens with zero attached hydrogens (tertiary/aromatic N) is 1. The van der Waals surface area contributed by atoms with Gasteiger partial charge >= 0.3 is 0 Å². The Morgan fingerprint density at radius 1 is 1.00 bits per heavy atom. The van der Waals surface area contributed by atoms with Crippen molar-refractivity contribution < 1.29 is 30.5 Å². The molecule has 0 atom stereocenters. The molecular weight excluding hydrogens is 534 g/mol. The fraction of sp³-hybridized carbons (Fsp3) is 0.118. The molecule has 11 heteroatoms. The average Bonchev–Trinajstić information content (AvgIpc) is 3.00. The van der Waals surface area contributed by atoms with Crippen LogP contribution >= 0.6 is 31.9 Å². The summed E-state index contributed by atoms with van der Waals surface area (Å²) < 4.78 is 84.6. The van der Waals surface area contributed by atoms with E-state index in [0.29, 0.717) is 32.9 Å². The zero-order valence-corrected chi connectivity index (χ0v) is 17.8. The van der Waals surface area contributed by atoms with Crippen LogP contribution in [0, 0.1) is 11.6 Å². The second kappa shape index (κ2) is 7.60. The Morgan fingerprint density at radius 3 is 2.11 bits per heavy atom. The standard InChI is InChI=1S/C17H9Br2F4NO3S/c1-28(25,26)16-11(20)5-8(6-12(16)21)13-14(24-27-15(13)17(22)23)7-2-3-9(18)10(19)4-7/h2-6,17H,1H3. The molecule has 0 saturated heterocycles. The summed E-state index contributed by atoms with van der Waals surface area (Å²) in [5, 5.41) is 3.63. The summed E-state index contributed by atoms with van der Waals surface area (Å²) in [6.45, 7) is 0. The Labute approximate surface area is 173 Å². The summed E-state index contributed by atoms with van der Waals surface area (Å²) in [5.41, 5.74) is -0.391. The van der Waals surface area contributed by atoms with Gasteiger partial charge in [0.15, 0.2) is 9.84 Å². The van der Waals surface area contributed by atoms with Crippen molar-refractivity contribution in [2.24, 2.45) is 0 Å². The van der Waals surface area contributed by atoms with Crippen LogP contribution in [0.1, 0.15) is 12.2 Å². The lowest BCUT2D eigenvalue weighted by molar-refractivity contribution is 0.113. The van der Waals surface area contributed by atoms with E-state index in [1.165, 1.54) is 0 Å². The fourth-order valence-electron chi connectivity index (χ4n) is 2.63. The van der Waals surface area contributed by atoms with Crippen molar-refractivity contribution in [2.75, 3.05) is 6.26 Å². The van der Waals surface area contributed by atoms with Crippen LogP contribution in [0.15, 0.2) is 48.7 Å².